The van der Waals surface area contributed by atoms with Crippen molar-refractivity contribution in [3.05, 3.63) is 18.1 Å². The number of rotatable bonds is 2. The monoisotopic (exact) mass is 138 g/mol. The Morgan fingerprint density at radius 1 is 1.40 bits per heavy atom. The highest BCUT2D eigenvalue weighted by molar-refractivity contribution is 5.32. The molecule has 0 aliphatic rings. The van der Waals surface area contributed by atoms with Gasteiger partial charge in [0.15, 0.2) is 0 Å². The van der Waals surface area contributed by atoms with Gasteiger partial charge in [0.05, 0.1) is 0 Å². The Morgan fingerprint density at radius 3 is 2.80 bits per heavy atom. The molecule has 4 heteroatoms. The van der Waals surface area contributed by atoms with Crippen LogP contribution in [0.25, 0.3) is 0 Å². The lowest BCUT2D eigenvalue weighted by Gasteiger charge is -2.01. The number of hydrazine groups is 1. The summed E-state index contributed by atoms with van der Waals surface area (Å²) in [6.45, 7) is 1.92. The fourth-order valence-electron chi connectivity index (χ4n) is 0.651. The minimum atomic E-state index is 0.787. The van der Waals surface area contributed by atoms with Crippen LogP contribution in [0.3, 0.4) is 0 Å². The molecule has 0 aliphatic carbocycles. The molecule has 0 spiro atoms. The lowest BCUT2D eigenvalue weighted by molar-refractivity contribution is 0.952. The molecule has 1 aromatic heterocycles. The van der Waals surface area contributed by atoms with E-state index in [1.54, 1.807) is 7.05 Å². The molecule has 0 unspecified atom stereocenters. The first-order valence-corrected chi connectivity index (χ1v) is 3.04. The third-order valence-electron chi connectivity index (χ3n) is 1.06. The van der Waals surface area contributed by atoms with Crippen LogP contribution >= 0.6 is 0 Å². The number of nitrogens with one attached hydrogen (secondary N) is 2. The van der Waals surface area contributed by atoms with Gasteiger partial charge in [0.1, 0.15) is 12.1 Å². The molecule has 0 radical (unpaired) electrons. The minimum absolute atomic E-state index is 0.787. The second kappa shape index (κ2) is 3.12. The predicted octanol–water partition coefficient (Wildman–Crippen LogP) is 0.331. The summed E-state index contributed by atoms with van der Waals surface area (Å²) in [6, 6.07) is 1.86. The summed E-state index contributed by atoms with van der Waals surface area (Å²) < 4.78 is 0. The summed E-state index contributed by atoms with van der Waals surface area (Å²) in [5.41, 5.74) is 6.57. The molecule has 1 heterocycles. The van der Waals surface area contributed by atoms with Gasteiger partial charge in [-0.2, -0.15) is 0 Å². The molecular weight excluding hydrogens is 128 g/mol. The highest BCUT2D eigenvalue weighted by Crippen LogP contribution is 1.99. The number of anilines is 1. The lowest BCUT2D eigenvalue weighted by Crippen LogP contribution is -2.16. The van der Waals surface area contributed by atoms with Gasteiger partial charge in [-0.3, -0.25) is 0 Å². The van der Waals surface area contributed by atoms with Crippen LogP contribution in [-0.2, 0) is 0 Å². The average molecular weight is 138 g/mol. The molecular formula is C6H10N4. The summed E-state index contributed by atoms with van der Waals surface area (Å²) in [5, 5.41) is 0. The van der Waals surface area contributed by atoms with Gasteiger partial charge >= 0.3 is 0 Å². The van der Waals surface area contributed by atoms with Gasteiger partial charge < -0.3 is 5.43 Å². The SMILES string of the molecule is CNNc1cc(C)ncn1. The van der Waals surface area contributed by atoms with Gasteiger partial charge in [0.25, 0.3) is 0 Å². The first kappa shape index (κ1) is 6.95. The molecule has 0 aliphatic heterocycles. The number of hydrogen-bond acceptors (Lipinski definition) is 4. The van der Waals surface area contributed by atoms with Crippen molar-refractivity contribution in [1.82, 2.24) is 15.4 Å². The van der Waals surface area contributed by atoms with Crippen LogP contribution in [0.2, 0.25) is 0 Å². The van der Waals surface area contributed by atoms with Crippen LogP contribution in [0.15, 0.2) is 12.4 Å². The second-order valence-electron chi connectivity index (χ2n) is 1.92. The molecule has 54 valence electrons. The van der Waals surface area contributed by atoms with Crippen molar-refractivity contribution < 1.29 is 0 Å². The Morgan fingerprint density at radius 2 is 2.20 bits per heavy atom. The van der Waals surface area contributed by atoms with E-state index in [1.165, 1.54) is 6.33 Å². The normalized spacial score (nSPS) is 9.40. The minimum Gasteiger partial charge on any atom is -0.306 e. The van der Waals surface area contributed by atoms with Crippen LogP contribution in [-0.4, -0.2) is 17.0 Å². The zero-order valence-electron chi connectivity index (χ0n) is 6.05. The third kappa shape index (κ3) is 1.66. The molecule has 10 heavy (non-hydrogen) atoms. The first-order chi connectivity index (χ1) is 4.83. The van der Waals surface area contributed by atoms with Gasteiger partial charge in [-0.1, -0.05) is 0 Å². The van der Waals surface area contributed by atoms with Gasteiger partial charge in [-0.05, 0) is 6.92 Å². The number of hydrogen-bond donors (Lipinski definition) is 2. The number of nitrogens with zero attached hydrogens (tertiary/aromatic N) is 2. The number of aromatic nitrogens is 2. The molecule has 4 nitrogen and oxygen atoms in total. The molecule has 0 saturated carbocycles. The zero-order chi connectivity index (χ0) is 7.40. The van der Waals surface area contributed by atoms with Gasteiger partial charge in [0.2, 0.25) is 0 Å². The van der Waals surface area contributed by atoms with E-state index in [4.69, 9.17) is 0 Å². The average Bonchev–Trinajstić information content (AvgIpc) is 1.88. The van der Waals surface area contributed by atoms with Crippen molar-refractivity contribution >= 4 is 5.82 Å². The molecule has 2 N–H and O–H groups in total. The topological polar surface area (TPSA) is 49.8 Å². The Labute approximate surface area is 59.7 Å². The van der Waals surface area contributed by atoms with E-state index in [0.717, 1.165) is 11.5 Å². The van der Waals surface area contributed by atoms with Crippen molar-refractivity contribution in [3.63, 3.8) is 0 Å². The first-order valence-electron chi connectivity index (χ1n) is 3.04. The smallest absolute Gasteiger partial charge is 0.143 e. The van der Waals surface area contributed by atoms with Crippen molar-refractivity contribution in [2.45, 2.75) is 6.92 Å². The third-order valence-corrected chi connectivity index (χ3v) is 1.06. The van der Waals surface area contributed by atoms with E-state index in [1.807, 2.05) is 13.0 Å². The number of aryl methyl sites for hydroxylation is 1. The molecule has 0 atom stereocenters. The maximum atomic E-state index is 3.94. The molecule has 1 aromatic rings. The second-order valence-corrected chi connectivity index (χ2v) is 1.92. The van der Waals surface area contributed by atoms with Crippen molar-refractivity contribution in [3.8, 4) is 0 Å². The molecule has 0 bridgehead atoms. The highest BCUT2D eigenvalue weighted by atomic mass is 15.4. The maximum Gasteiger partial charge on any atom is 0.143 e. The van der Waals surface area contributed by atoms with E-state index >= 15 is 0 Å². The van der Waals surface area contributed by atoms with Crippen LogP contribution < -0.4 is 10.9 Å². The van der Waals surface area contributed by atoms with Gasteiger partial charge in [-0.15, -0.1) is 0 Å². The van der Waals surface area contributed by atoms with Gasteiger partial charge in [-0.25, -0.2) is 15.4 Å². The predicted molar refractivity (Wildman–Crippen MR) is 39.5 cm³/mol. The zero-order valence-corrected chi connectivity index (χ0v) is 6.05. The van der Waals surface area contributed by atoms with E-state index in [-0.39, 0.29) is 0 Å². The van der Waals surface area contributed by atoms with Crippen LogP contribution in [0.4, 0.5) is 5.82 Å². The summed E-state index contributed by atoms with van der Waals surface area (Å²) >= 11 is 0. The van der Waals surface area contributed by atoms with Gasteiger partial charge in [0, 0.05) is 18.8 Å². The quantitative estimate of drug-likeness (QED) is 0.578. The van der Waals surface area contributed by atoms with Crippen molar-refractivity contribution in [1.29, 1.82) is 0 Å². The molecule has 0 aromatic carbocycles. The van der Waals surface area contributed by atoms with Crippen LogP contribution in [0, 0.1) is 6.92 Å². The Balaban J connectivity index is 2.75. The Bertz CT molecular complexity index is 211. The molecule has 0 saturated heterocycles. The van der Waals surface area contributed by atoms with Crippen molar-refractivity contribution in [2.75, 3.05) is 12.5 Å². The Kier molecular flexibility index (Phi) is 2.17. The summed E-state index contributed by atoms with van der Waals surface area (Å²) in [4.78, 5) is 7.89. The van der Waals surface area contributed by atoms with Crippen molar-refractivity contribution in [2.24, 2.45) is 0 Å². The van der Waals surface area contributed by atoms with E-state index in [9.17, 15) is 0 Å². The fourth-order valence-corrected chi connectivity index (χ4v) is 0.651. The highest BCUT2D eigenvalue weighted by Gasteiger charge is 1.89. The van der Waals surface area contributed by atoms with E-state index in [2.05, 4.69) is 20.8 Å². The summed E-state index contributed by atoms with van der Waals surface area (Å²) in [6.07, 6.45) is 1.52. The van der Waals surface area contributed by atoms with E-state index in [0.29, 0.717) is 0 Å². The maximum absolute atomic E-state index is 3.94. The summed E-state index contributed by atoms with van der Waals surface area (Å²) in [5.74, 6) is 0.787. The summed E-state index contributed by atoms with van der Waals surface area (Å²) in [7, 11) is 1.79. The molecule has 0 amide bonds. The van der Waals surface area contributed by atoms with E-state index < -0.39 is 0 Å². The largest absolute Gasteiger partial charge is 0.306 e. The molecule has 0 fully saturated rings. The molecule has 1 rings (SSSR count). The lowest BCUT2D eigenvalue weighted by atomic mass is 10.4. The standard InChI is InChI=1S/C6H10N4/c1-5-3-6(10-7-2)9-4-8-5/h3-4,7H,1-2H3,(H,8,9,10). The van der Waals surface area contributed by atoms with Crippen LogP contribution in [0.5, 0.6) is 0 Å². The Hall–Kier alpha value is -1.16. The fraction of sp³-hybridized carbons (Fsp3) is 0.333. The van der Waals surface area contributed by atoms with Crippen LogP contribution in [0.1, 0.15) is 5.69 Å².